The van der Waals surface area contributed by atoms with Gasteiger partial charge in [0.2, 0.25) is 5.60 Å². The SMILES string of the molecule is CC(C)C(NC(=O)OC(C)(C)C)C(=O)O[C@H]1[C@@H](OC(=O)[C@@H](NC(=O)OC(C)(C)C)C(C)C)[C@](C#N)(c2ccc3c(N)ncnn23)O[C@@H]1COC(=O)CC1CCCCC1. The molecule has 2 aromatic rings. The summed E-state index contributed by atoms with van der Waals surface area (Å²) in [5, 5.41) is 20.5. The van der Waals surface area contributed by atoms with Gasteiger partial charge in [-0.1, -0.05) is 47.0 Å². The Bertz CT molecular complexity index is 1840. The number of aromatic nitrogens is 3. The number of nitrogens with zero attached hydrogens (tertiary/aromatic N) is 4. The van der Waals surface area contributed by atoms with Crippen molar-refractivity contribution < 1.29 is 52.4 Å². The van der Waals surface area contributed by atoms with Crippen molar-refractivity contribution in [3.63, 3.8) is 0 Å². The number of rotatable bonds is 13. The van der Waals surface area contributed by atoms with E-state index in [9.17, 15) is 29.2 Å². The fourth-order valence-electron chi connectivity index (χ4n) is 6.93. The first kappa shape index (κ1) is 45.5. The molecule has 3 heterocycles. The van der Waals surface area contributed by atoms with Crippen LogP contribution in [0.4, 0.5) is 15.4 Å². The van der Waals surface area contributed by atoms with Crippen molar-refractivity contribution in [3.8, 4) is 6.07 Å². The van der Waals surface area contributed by atoms with Gasteiger partial charge in [0.25, 0.3) is 0 Å². The van der Waals surface area contributed by atoms with Crippen molar-refractivity contribution in [2.45, 2.75) is 155 Å². The van der Waals surface area contributed by atoms with Gasteiger partial charge >= 0.3 is 30.1 Å². The molecule has 1 aliphatic carbocycles. The van der Waals surface area contributed by atoms with Crippen molar-refractivity contribution in [2.75, 3.05) is 12.3 Å². The Hall–Kier alpha value is -5.18. The first-order valence-electron chi connectivity index (χ1n) is 19.8. The van der Waals surface area contributed by atoms with E-state index in [2.05, 4.69) is 26.8 Å². The molecule has 0 radical (unpaired) electrons. The maximum absolute atomic E-state index is 14.3. The average molecular weight is 814 g/mol. The van der Waals surface area contributed by atoms with Crippen LogP contribution in [-0.2, 0) is 48.4 Å². The molecule has 1 unspecified atom stereocenters. The molecule has 320 valence electrons. The van der Waals surface area contributed by atoms with Crippen molar-refractivity contribution >= 4 is 41.4 Å². The van der Waals surface area contributed by atoms with Gasteiger partial charge in [0, 0.05) is 6.42 Å². The van der Waals surface area contributed by atoms with Gasteiger partial charge in [-0.15, -0.1) is 0 Å². The molecule has 18 nitrogen and oxygen atoms in total. The largest absolute Gasteiger partial charge is 0.463 e. The predicted molar refractivity (Wildman–Crippen MR) is 207 cm³/mol. The Morgan fingerprint density at radius 3 is 1.98 bits per heavy atom. The Balaban J connectivity index is 1.81. The summed E-state index contributed by atoms with van der Waals surface area (Å²) >= 11 is 0. The van der Waals surface area contributed by atoms with Crippen LogP contribution in [0.5, 0.6) is 0 Å². The van der Waals surface area contributed by atoms with Gasteiger partial charge in [-0.3, -0.25) is 4.79 Å². The van der Waals surface area contributed by atoms with Crippen molar-refractivity contribution in [1.29, 1.82) is 5.26 Å². The normalized spacial score (nSPS) is 22.4. The monoisotopic (exact) mass is 813 g/mol. The molecule has 2 aliphatic rings. The first-order chi connectivity index (χ1) is 27.0. The van der Waals surface area contributed by atoms with Gasteiger partial charge in [-0.25, -0.2) is 28.7 Å². The number of nitriles is 1. The first-order valence-corrected chi connectivity index (χ1v) is 19.8. The standard InChI is InChI=1S/C40H59N7O11/c1-22(2)29(45-36(51)57-38(5,6)7)34(49)54-31-26(19-53-28(48)18-24-14-12-11-13-15-24)56-40(20-41,27-17-16-25-33(42)43-21-44-47(25)27)32(31)55-35(50)30(23(3)4)46-37(52)58-39(8,9)10/h16-17,21-24,26,29-32H,11-15,18-19H2,1-10H3,(H,45,51)(H,46,52)(H2,42,43,44)/t26-,29?,30+,31-,32-,40+/m1/s1. The highest BCUT2D eigenvalue weighted by molar-refractivity contribution is 5.83. The number of anilines is 1. The summed E-state index contributed by atoms with van der Waals surface area (Å²) in [6, 6.07) is 2.51. The molecular weight excluding hydrogens is 754 g/mol. The Morgan fingerprint density at radius 1 is 0.914 bits per heavy atom. The van der Waals surface area contributed by atoms with Gasteiger partial charge in [-0.05, 0) is 84.3 Å². The van der Waals surface area contributed by atoms with Crippen LogP contribution in [-0.4, -0.2) is 92.9 Å². The van der Waals surface area contributed by atoms with Gasteiger partial charge in [-0.2, -0.15) is 10.4 Å². The minimum absolute atomic E-state index is 0.0162. The summed E-state index contributed by atoms with van der Waals surface area (Å²) in [6.07, 6.45) is -0.447. The lowest BCUT2D eigenvalue weighted by atomic mass is 9.87. The van der Waals surface area contributed by atoms with E-state index in [1.54, 1.807) is 69.2 Å². The lowest BCUT2D eigenvalue weighted by molar-refractivity contribution is -0.173. The van der Waals surface area contributed by atoms with Crippen LogP contribution < -0.4 is 16.4 Å². The van der Waals surface area contributed by atoms with Crippen LogP contribution in [0, 0.1) is 29.1 Å². The number of amides is 2. The molecule has 4 rings (SSSR count). The fraction of sp³-hybridized carbons (Fsp3) is 0.700. The summed E-state index contributed by atoms with van der Waals surface area (Å²) in [5.41, 5.74) is 2.36. The number of alkyl carbamates (subject to hydrolysis) is 2. The van der Waals surface area contributed by atoms with Crippen LogP contribution in [0.1, 0.15) is 113 Å². The molecule has 0 spiro atoms. The Morgan fingerprint density at radius 2 is 1.47 bits per heavy atom. The van der Waals surface area contributed by atoms with Crippen LogP contribution in [0.2, 0.25) is 0 Å². The minimum atomic E-state index is -2.30. The third-order valence-electron chi connectivity index (χ3n) is 9.70. The number of ether oxygens (including phenoxy) is 6. The molecule has 58 heavy (non-hydrogen) atoms. The van der Waals surface area contributed by atoms with Gasteiger partial charge < -0.3 is 44.8 Å². The number of nitrogens with one attached hydrogen (secondary N) is 2. The Kier molecular flexibility index (Phi) is 14.6. The van der Waals surface area contributed by atoms with E-state index in [1.807, 2.05) is 0 Å². The summed E-state index contributed by atoms with van der Waals surface area (Å²) < 4.78 is 36.6. The van der Waals surface area contributed by atoms with Crippen LogP contribution in [0.25, 0.3) is 5.52 Å². The van der Waals surface area contributed by atoms with E-state index in [1.165, 1.54) is 16.6 Å². The lowest BCUT2D eigenvalue weighted by Gasteiger charge is -2.32. The van der Waals surface area contributed by atoms with E-state index in [0.29, 0.717) is 0 Å². The minimum Gasteiger partial charge on any atom is -0.463 e. The van der Waals surface area contributed by atoms with Crippen molar-refractivity contribution in [2.24, 2.45) is 17.8 Å². The molecule has 18 heteroatoms. The van der Waals surface area contributed by atoms with Crippen LogP contribution in [0.15, 0.2) is 18.5 Å². The molecule has 1 saturated heterocycles. The predicted octanol–water partition coefficient (Wildman–Crippen LogP) is 4.86. The highest BCUT2D eigenvalue weighted by Gasteiger charge is 2.63. The second kappa shape index (κ2) is 18.6. The molecule has 6 atom stereocenters. The maximum Gasteiger partial charge on any atom is 0.408 e. The smallest absolute Gasteiger partial charge is 0.408 e. The summed E-state index contributed by atoms with van der Waals surface area (Å²) in [7, 11) is 0. The van der Waals surface area contributed by atoms with Gasteiger partial charge in [0.05, 0.1) is 5.69 Å². The third kappa shape index (κ3) is 11.5. The van der Waals surface area contributed by atoms with Crippen molar-refractivity contribution in [3.05, 3.63) is 24.2 Å². The Labute approximate surface area is 339 Å². The topological polar surface area (TPSA) is 245 Å². The molecular formula is C40H59N7O11. The molecule has 1 aliphatic heterocycles. The second-order valence-electron chi connectivity index (χ2n) is 17.6. The lowest BCUT2D eigenvalue weighted by Crippen LogP contribution is -2.53. The van der Waals surface area contributed by atoms with E-state index < -0.39 is 95.7 Å². The highest BCUT2D eigenvalue weighted by Crippen LogP contribution is 2.44. The molecule has 2 aromatic heterocycles. The zero-order valence-corrected chi connectivity index (χ0v) is 35.2. The van der Waals surface area contributed by atoms with E-state index in [-0.39, 0.29) is 29.4 Å². The number of esters is 3. The zero-order chi connectivity index (χ0) is 43.2. The quantitative estimate of drug-likeness (QED) is 0.181. The van der Waals surface area contributed by atoms with Crippen LogP contribution >= 0.6 is 0 Å². The number of hydrogen-bond acceptors (Lipinski definition) is 15. The number of carbonyl (C=O) groups is 5. The second-order valence-corrected chi connectivity index (χ2v) is 17.6. The molecule has 2 amide bonds. The molecule has 4 N–H and O–H groups in total. The van der Waals surface area contributed by atoms with Gasteiger partial charge in [0.1, 0.15) is 53.9 Å². The number of fused-ring (bicyclic) bond motifs is 1. The van der Waals surface area contributed by atoms with Gasteiger partial charge in [0.15, 0.2) is 18.0 Å². The van der Waals surface area contributed by atoms with Crippen LogP contribution in [0.3, 0.4) is 0 Å². The molecule has 0 bridgehead atoms. The summed E-state index contributed by atoms with van der Waals surface area (Å²) in [6.45, 7) is 16.1. The molecule has 1 saturated carbocycles. The number of hydrogen-bond donors (Lipinski definition) is 3. The maximum atomic E-state index is 14.3. The van der Waals surface area contributed by atoms with Crippen molar-refractivity contribution in [1.82, 2.24) is 25.2 Å². The number of carbonyl (C=O) groups excluding carboxylic acids is 5. The molecule has 2 fully saturated rings. The van der Waals surface area contributed by atoms with E-state index >= 15 is 0 Å². The average Bonchev–Trinajstić information content (AvgIpc) is 3.68. The molecule has 0 aromatic carbocycles. The number of nitrogen functional groups attached to an aromatic ring is 1. The fourth-order valence-corrected chi connectivity index (χ4v) is 6.93. The zero-order valence-electron chi connectivity index (χ0n) is 35.2. The highest BCUT2D eigenvalue weighted by atomic mass is 16.7. The summed E-state index contributed by atoms with van der Waals surface area (Å²) in [4.78, 5) is 71.5. The summed E-state index contributed by atoms with van der Waals surface area (Å²) in [5.74, 6) is -3.44. The van der Waals surface area contributed by atoms with E-state index in [0.717, 1.165) is 38.4 Å². The third-order valence-corrected chi connectivity index (χ3v) is 9.70. The van der Waals surface area contributed by atoms with E-state index in [4.69, 9.17) is 34.2 Å². The number of nitrogens with two attached hydrogens (primary N) is 1.